The summed E-state index contributed by atoms with van der Waals surface area (Å²) in [5.74, 6) is 0.942. The van der Waals surface area contributed by atoms with E-state index >= 15 is 0 Å². The number of carbonyl (C=O) groups is 2. The van der Waals surface area contributed by atoms with Crippen molar-refractivity contribution in [2.75, 3.05) is 38.5 Å². The molecule has 3 rings (SSSR count). The number of benzene rings is 1. The Hall–Kier alpha value is -1.76. The average molecular weight is 434 g/mol. The molecule has 2 fully saturated rings. The number of thioether (sulfide) groups is 1. The van der Waals surface area contributed by atoms with Crippen LogP contribution in [0.2, 0.25) is 5.02 Å². The highest BCUT2D eigenvalue weighted by Gasteiger charge is 2.37. The van der Waals surface area contributed by atoms with Crippen LogP contribution in [0.25, 0.3) is 0 Å². The van der Waals surface area contributed by atoms with Crippen molar-refractivity contribution in [1.29, 1.82) is 0 Å². The van der Waals surface area contributed by atoms with Gasteiger partial charge >= 0.3 is 0 Å². The Morgan fingerprint density at radius 1 is 1.17 bits per heavy atom. The van der Waals surface area contributed by atoms with E-state index in [-0.39, 0.29) is 30.3 Å². The first-order valence-electron chi connectivity index (χ1n) is 9.94. The Labute approximate surface area is 182 Å². The van der Waals surface area contributed by atoms with Gasteiger partial charge in [-0.2, -0.15) is 0 Å². The van der Waals surface area contributed by atoms with E-state index in [1.165, 1.54) is 0 Å². The van der Waals surface area contributed by atoms with Crippen molar-refractivity contribution in [2.24, 2.45) is 0 Å². The molecule has 1 aliphatic carbocycles. The fourth-order valence-electron chi connectivity index (χ4n) is 3.54. The number of amides is 2. The van der Waals surface area contributed by atoms with Gasteiger partial charge in [0.15, 0.2) is 0 Å². The molecule has 1 atom stereocenters. The monoisotopic (exact) mass is 433 g/mol. The van der Waals surface area contributed by atoms with E-state index in [0.717, 1.165) is 24.2 Å². The Balaban J connectivity index is 1.66. The smallest absolute Gasteiger partial charge is 0.237 e. The Morgan fingerprint density at radius 3 is 2.48 bits per heavy atom. The zero-order valence-corrected chi connectivity index (χ0v) is 18.2. The van der Waals surface area contributed by atoms with E-state index in [2.05, 4.69) is 13.2 Å². The van der Waals surface area contributed by atoms with E-state index < -0.39 is 0 Å². The maximum Gasteiger partial charge on any atom is 0.237 e. The summed E-state index contributed by atoms with van der Waals surface area (Å²) in [6, 6.07) is 8.01. The van der Waals surface area contributed by atoms with E-state index in [0.29, 0.717) is 30.7 Å². The molecule has 1 aromatic carbocycles. The van der Waals surface area contributed by atoms with Crippen LogP contribution in [-0.4, -0.2) is 71.0 Å². The van der Waals surface area contributed by atoms with Crippen LogP contribution in [0.3, 0.4) is 0 Å². The van der Waals surface area contributed by atoms with Gasteiger partial charge in [0.1, 0.15) is 5.37 Å². The second kappa shape index (κ2) is 10.3. The van der Waals surface area contributed by atoms with Crippen LogP contribution >= 0.6 is 23.4 Å². The highest BCUT2D eigenvalue weighted by molar-refractivity contribution is 7.99. The topological polar surface area (TPSA) is 43.9 Å². The zero-order chi connectivity index (χ0) is 20.8. The lowest BCUT2D eigenvalue weighted by Gasteiger charge is -2.29. The van der Waals surface area contributed by atoms with Gasteiger partial charge in [0.2, 0.25) is 11.8 Å². The van der Waals surface area contributed by atoms with Crippen LogP contribution in [0.15, 0.2) is 49.6 Å². The molecule has 0 bridgehead atoms. The van der Waals surface area contributed by atoms with Gasteiger partial charge in [-0.25, -0.2) is 0 Å². The first-order chi connectivity index (χ1) is 14.0. The molecule has 0 aromatic heterocycles. The minimum absolute atomic E-state index is 0.00273. The minimum Gasteiger partial charge on any atom is -0.334 e. The molecule has 1 heterocycles. The molecule has 7 heteroatoms. The van der Waals surface area contributed by atoms with E-state index in [1.54, 1.807) is 28.8 Å². The Kier molecular flexibility index (Phi) is 7.81. The average Bonchev–Trinajstić information content (AvgIpc) is 3.44. The van der Waals surface area contributed by atoms with E-state index in [4.69, 9.17) is 11.6 Å². The molecule has 1 aliphatic heterocycles. The predicted molar refractivity (Wildman–Crippen MR) is 120 cm³/mol. The number of hydrogen-bond acceptors (Lipinski definition) is 4. The lowest BCUT2D eigenvalue weighted by atomic mass is 10.2. The Morgan fingerprint density at radius 2 is 1.86 bits per heavy atom. The summed E-state index contributed by atoms with van der Waals surface area (Å²) >= 11 is 8.11. The van der Waals surface area contributed by atoms with Gasteiger partial charge in [-0.1, -0.05) is 42.0 Å². The Bertz CT molecular complexity index is 758. The molecule has 5 nitrogen and oxygen atoms in total. The van der Waals surface area contributed by atoms with E-state index in [1.807, 2.05) is 34.1 Å². The molecule has 2 aliphatic rings. The molecular weight excluding hydrogens is 406 g/mol. The summed E-state index contributed by atoms with van der Waals surface area (Å²) in [5, 5.41) is 0.620. The molecule has 0 spiro atoms. The molecule has 2 amide bonds. The van der Waals surface area contributed by atoms with Gasteiger partial charge in [0.25, 0.3) is 0 Å². The maximum absolute atomic E-state index is 13.2. The van der Waals surface area contributed by atoms with Gasteiger partial charge in [-0.3, -0.25) is 14.5 Å². The number of hydrogen-bond donors (Lipinski definition) is 0. The molecule has 29 heavy (non-hydrogen) atoms. The van der Waals surface area contributed by atoms with Gasteiger partial charge in [0, 0.05) is 42.0 Å². The molecular formula is C22H28ClN3O2S. The summed E-state index contributed by atoms with van der Waals surface area (Å²) in [5.41, 5.74) is 0.974. The van der Waals surface area contributed by atoms with Crippen LogP contribution in [0, 0.1) is 0 Å². The van der Waals surface area contributed by atoms with Gasteiger partial charge in [0.05, 0.1) is 13.1 Å². The second-order valence-corrected chi connectivity index (χ2v) is 8.94. The summed E-state index contributed by atoms with van der Waals surface area (Å²) in [6.07, 6.45) is 5.49. The molecule has 1 saturated carbocycles. The molecule has 1 aromatic rings. The summed E-state index contributed by atoms with van der Waals surface area (Å²) < 4.78 is 0. The van der Waals surface area contributed by atoms with Crippen LogP contribution < -0.4 is 0 Å². The van der Waals surface area contributed by atoms with E-state index in [9.17, 15) is 9.59 Å². The molecule has 1 saturated heterocycles. The standard InChI is InChI=1S/C22H28ClN3O2S/c1-3-11-24(12-4-2)20(27)15-25(17-9-10-17)16-21(28)26-13-14-29-22(26)18-7-5-6-8-19(18)23/h3-8,17,22H,1-2,9-16H2/t22-/m1/s1. The molecule has 0 radical (unpaired) electrons. The van der Waals surface area contributed by atoms with Crippen LogP contribution in [0.5, 0.6) is 0 Å². The van der Waals surface area contributed by atoms with Crippen molar-refractivity contribution in [3.63, 3.8) is 0 Å². The zero-order valence-electron chi connectivity index (χ0n) is 16.6. The molecule has 0 unspecified atom stereocenters. The minimum atomic E-state index is -0.0639. The number of halogens is 1. The maximum atomic E-state index is 13.2. The lowest BCUT2D eigenvalue weighted by Crippen LogP contribution is -2.46. The first-order valence-corrected chi connectivity index (χ1v) is 11.4. The van der Waals surface area contributed by atoms with Gasteiger partial charge in [-0.05, 0) is 18.9 Å². The quantitative estimate of drug-likeness (QED) is 0.529. The highest BCUT2D eigenvalue weighted by atomic mass is 35.5. The third-order valence-electron chi connectivity index (χ3n) is 5.17. The van der Waals surface area contributed by atoms with Gasteiger partial charge in [-0.15, -0.1) is 24.9 Å². The highest BCUT2D eigenvalue weighted by Crippen LogP contribution is 2.41. The fraction of sp³-hybridized carbons (Fsp3) is 0.455. The first kappa shape index (κ1) is 21.9. The number of carbonyl (C=O) groups excluding carboxylic acids is 2. The number of rotatable bonds is 10. The number of nitrogens with zero attached hydrogens (tertiary/aromatic N) is 3. The second-order valence-electron chi connectivity index (χ2n) is 7.34. The van der Waals surface area contributed by atoms with Crippen molar-refractivity contribution in [1.82, 2.24) is 14.7 Å². The van der Waals surface area contributed by atoms with Gasteiger partial charge < -0.3 is 9.80 Å². The predicted octanol–water partition coefficient (Wildman–Crippen LogP) is 3.58. The SMILES string of the molecule is C=CCN(CC=C)C(=O)CN(CC(=O)N1CCS[C@@H]1c1ccccc1Cl)C1CC1. The summed E-state index contributed by atoms with van der Waals surface area (Å²) in [7, 11) is 0. The van der Waals surface area contributed by atoms with Crippen LogP contribution in [0.1, 0.15) is 23.8 Å². The summed E-state index contributed by atoms with van der Waals surface area (Å²) in [6.45, 7) is 9.61. The van der Waals surface area contributed by atoms with Crippen LogP contribution in [0.4, 0.5) is 0 Å². The molecule has 156 valence electrons. The lowest BCUT2D eigenvalue weighted by molar-refractivity contribution is -0.135. The van der Waals surface area contributed by atoms with Crippen molar-refractivity contribution in [3.8, 4) is 0 Å². The largest absolute Gasteiger partial charge is 0.334 e. The third-order valence-corrected chi connectivity index (χ3v) is 6.76. The van der Waals surface area contributed by atoms with Crippen LogP contribution in [-0.2, 0) is 9.59 Å². The fourth-order valence-corrected chi connectivity index (χ4v) is 5.16. The van der Waals surface area contributed by atoms with Crippen molar-refractivity contribution in [3.05, 3.63) is 60.2 Å². The molecule has 0 N–H and O–H groups in total. The third kappa shape index (κ3) is 5.65. The van der Waals surface area contributed by atoms with Crippen molar-refractivity contribution < 1.29 is 9.59 Å². The normalized spacial score (nSPS) is 18.7. The van der Waals surface area contributed by atoms with Crippen molar-refractivity contribution >= 4 is 35.2 Å². The summed E-state index contributed by atoms with van der Waals surface area (Å²) in [4.78, 5) is 31.5. The van der Waals surface area contributed by atoms with Crippen molar-refractivity contribution in [2.45, 2.75) is 24.3 Å².